The molecule has 0 spiro atoms. The van der Waals surface area contributed by atoms with Gasteiger partial charge in [-0.2, -0.15) is 0 Å². The zero-order chi connectivity index (χ0) is 12.8. The minimum atomic E-state index is -0.283. The lowest BCUT2D eigenvalue weighted by Crippen LogP contribution is -2.39. The highest BCUT2D eigenvalue weighted by atomic mass is 35.5. The van der Waals surface area contributed by atoms with Crippen LogP contribution in [-0.2, 0) is 10.2 Å². The summed E-state index contributed by atoms with van der Waals surface area (Å²) < 4.78 is 0. The third kappa shape index (κ3) is 1.91. The lowest BCUT2D eigenvalue weighted by atomic mass is 9.94. The van der Waals surface area contributed by atoms with Crippen LogP contribution in [0.1, 0.15) is 24.8 Å². The van der Waals surface area contributed by atoms with E-state index in [0.717, 1.165) is 31.4 Å². The fourth-order valence-electron chi connectivity index (χ4n) is 2.79. The van der Waals surface area contributed by atoms with E-state index in [4.69, 9.17) is 17.3 Å². The SMILES string of the molecule is NC1CCN(C(=O)C2(c3ccc(Cl)cc3)CC2)C1. The van der Waals surface area contributed by atoms with E-state index >= 15 is 0 Å². The Morgan fingerprint density at radius 1 is 1.33 bits per heavy atom. The Bertz CT molecular complexity index is 467. The van der Waals surface area contributed by atoms with Gasteiger partial charge in [0.05, 0.1) is 5.41 Å². The Labute approximate surface area is 112 Å². The van der Waals surface area contributed by atoms with Crippen molar-refractivity contribution in [1.82, 2.24) is 4.90 Å². The summed E-state index contributed by atoms with van der Waals surface area (Å²) in [5.74, 6) is 0.248. The van der Waals surface area contributed by atoms with Gasteiger partial charge in [-0.05, 0) is 37.0 Å². The molecule has 1 unspecified atom stereocenters. The molecule has 1 heterocycles. The Kier molecular flexibility index (Phi) is 2.83. The second-order valence-electron chi connectivity index (χ2n) is 5.39. The van der Waals surface area contributed by atoms with Crippen molar-refractivity contribution in [2.45, 2.75) is 30.7 Å². The predicted octanol–water partition coefficient (Wildman–Crippen LogP) is 1.93. The van der Waals surface area contributed by atoms with E-state index in [1.54, 1.807) is 0 Å². The maximum absolute atomic E-state index is 12.6. The first-order valence-corrected chi connectivity index (χ1v) is 6.81. The number of hydrogen-bond donors (Lipinski definition) is 1. The van der Waals surface area contributed by atoms with E-state index in [1.807, 2.05) is 29.2 Å². The van der Waals surface area contributed by atoms with Crippen molar-refractivity contribution in [3.63, 3.8) is 0 Å². The van der Waals surface area contributed by atoms with Crippen LogP contribution < -0.4 is 5.73 Å². The Hall–Kier alpha value is -1.06. The number of hydrogen-bond acceptors (Lipinski definition) is 2. The van der Waals surface area contributed by atoms with E-state index in [-0.39, 0.29) is 17.4 Å². The van der Waals surface area contributed by atoms with Crippen LogP contribution in [-0.4, -0.2) is 29.9 Å². The smallest absolute Gasteiger partial charge is 0.233 e. The topological polar surface area (TPSA) is 46.3 Å². The molecule has 96 valence electrons. The molecule has 1 saturated heterocycles. The number of likely N-dealkylation sites (tertiary alicyclic amines) is 1. The molecule has 1 aromatic rings. The van der Waals surface area contributed by atoms with E-state index < -0.39 is 0 Å². The largest absolute Gasteiger partial charge is 0.340 e. The van der Waals surface area contributed by atoms with Crippen molar-refractivity contribution in [2.75, 3.05) is 13.1 Å². The molecule has 1 amide bonds. The monoisotopic (exact) mass is 264 g/mol. The van der Waals surface area contributed by atoms with Gasteiger partial charge in [0, 0.05) is 24.2 Å². The van der Waals surface area contributed by atoms with Gasteiger partial charge in [0.2, 0.25) is 5.91 Å². The van der Waals surface area contributed by atoms with E-state index in [2.05, 4.69) is 0 Å². The number of nitrogens with two attached hydrogens (primary N) is 1. The summed E-state index contributed by atoms with van der Waals surface area (Å²) in [6.45, 7) is 1.50. The first-order chi connectivity index (χ1) is 8.62. The van der Waals surface area contributed by atoms with Gasteiger partial charge in [-0.3, -0.25) is 4.79 Å². The highest BCUT2D eigenvalue weighted by Crippen LogP contribution is 2.50. The molecule has 0 radical (unpaired) electrons. The fraction of sp³-hybridized carbons (Fsp3) is 0.500. The molecule has 0 bridgehead atoms. The quantitative estimate of drug-likeness (QED) is 0.887. The maximum Gasteiger partial charge on any atom is 0.233 e. The Morgan fingerprint density at radius 2 is 2.00 bits per heavy atom. The molecule has 3 nitrogen and oxygen atoms in total. The second-order valence-corrected chi connectivity index (χ2v) is 5.83. The molecule has 4 heteroatoms. The molecule has 2 fully saturated rings. The summed E-state index contributed by atoms with van der Waals surface area (Å²) >= 11 is 5.90. The fourth-order valence-corrected chi connectivity index (χ4v) is 2.92. The van der Waals surface area contributed by atoms with Gasteiger partial charge in [0.1, 0.15) is 0 Å². The summed E-state index contributed by atoms with van der Waals surface area (Å²) in [6, 6.07) is 7.82. The van der Waals surface area contributed by atoms with Crippen molar-refractivity contribution >= 4 is 17.5 Å². The second kappa shape index (κ2) is 4.25. The normalized spacial score (nSPS) is 25.2. The molecule has 3 rings (SSSR count). The highest BCUT2D eigenvalue weighted by Gasteiger charge is 2.53. The number of benzene rings is 1. The van der Waals surface area contributed by atoms with Crippen molar-refractivity contribution in [3.05, 3.63) is 34.9 Å². The molecular formula is C14H17ClN2O. The zero-order valence-electron chi connectivity index (χ0n) is 10.2. The number of halogens is 1. The molecule has 2 aliphatic rings. The van der Waals surface area contributed by atoms with Crippen LogP contribution in [0.4, 0.5) is 0 Å². The zero-order valence-corrected chi connectivity index (χ0v) is 11.0. The summed E-state index contributed by atoms with van der Waals surface area (Å²) in [5.41, 5.74) is 6.69. The molecule has 0 aromatic heterocycles. The Morgan fingerprint density at radius 3 is 2.50 bits per heavy atom. The number of carbonyl (C=O) groups is 1. The van der Waals surface area contributed by atoms with Gasteiger partial charge in [-0.15, -0.1) is 0 Å². The molecule has 18 heavy (non-hydrogen) atoms. The van der Waals surface area contributed by atoms with Gasteiger partial charge in [0.25, 0.3) is 0 Å². The molecule has 1 aliphatic heterocycles. The summed E-state index contributed by atoms with van der Waals surface area (Å²) in [5, 5.41) is 0.713. The van der Waals surface area contributed by atoms with Crippen LogP contribution >= 0.6 is 11.6 Å². The number of amides is 1. The van der Waals surface area contributed by atoms with Crippen LogP contribution in [0.3, 0.4) is 0 Å². The van der Waals surface area contributed by atoms with E-state index in [9.17, 15) is 4.79 Å². The van der Waals surface area contributed by atoms with Gasteiger partial charge in [-0.1, -0.05) is 23.7 Å². The highest BCUT2D eigenvalue weighted by molar-refractivity contribution is 6.30. The van der Waals surface area contributed by atoms with Crippen molar-refractivity contribution in [3.8, 4) is 0 Å². The summed E-state index contributed by atoms with van der Waals surface area (Å²) in [4.78, 5) is 14.5. The van der Waals surface area contributed by atoms with Crippen LogP contribution in [0.2, 0.25) is 5.02 Å². The van der Waals surface area contributed by atoms with Crippen LogP contribution in [0, 0.1) is 0 Å². The van der Waals surface area contributed by atoms with Gasteiger partial charge >= 0.3 is 0 Å². The molecule has 2 N–H and O–H groups in total. The minimum Gasteiger partial charge on any atom is -0.340 e. The first-order valence-electron chi connectivity index (χ1n) is 6.43. The average Bonchev–Trinajstić information content (AvgIpc) is 3.06. The van der Waals surface area contributed by atoms with Gasteiger partial charge in [-0.25, -0.2) is 0 Å². The number of carbonyl (C=O) groups excluding carboxylic acids is 1. The van der Waals surface area contributed by atoms with E-state index in [0.29, 0.717) is 11.6 Å². The van der Waals surface area contributed by atoms with Gasteiger partial charge < -0.3 is 10.6 Å². The number of rotatable bonds is 2. The standard InChI is InChI=1S/C14H17ClN2O/c15-11-3-1-10(2-4-11)14(6-7-14)13(18)17-8-5-12(16)9-17/h1-4,12H,5-9,16H2. The molecular weight excluding hydrogens is 248 g/mol. The lowest BCUT2D eigenvalue weighted by molar-refractivity contribution is -0.132. The molecule has 1 aromatic carbocycles. The van der Waals surface area contributed by atoms with Crippen molar-refractivity contribution in [1.29, 1.82) is 0 Å². The van der Waals surface area contributed by atoms with Crippen LogP contribution in [0.5, 0.6) is 0 Å². The molecule has 1 atom stereocenters. The van der Waals surface area contributed by atoms with Crippen LogP contribution in [0.25, 0.3) is 0 Å². The average molecular weight is 265 g/mol. The number of nitrogens with zero attached hydrogens (tertiary/aromatic N) is 1. The molecule has 1 aliphatic carbocycles. The third-order valence-corrected chi connectivity index (χ3v) is 4.32. The lowest BCUT2D eigenvalue weighted by Gasteiger charge is -2.23. The Balaban J connectivity index is 1.82. The van der Waals surface area contributed by atoms with Gasteiger partial charge in [0.15, 0.2) is 0 Å². The summed E-state index contributed by atoms with van der Waals surface area (Å²) in [7, 11) is 0. The maximum atomic E-state index is 12.6. The van der Waals surface area contributed by atoms with Crippen molar-refractivity contribution in [2.24, 2.45) is 5.73 Å². The first kappa shape index (κ1) is 12.0. The molecule has 1 saturated carbocycles. The minimum absolute atomic E-state index is 0.148. The van der Waals surface area contributed by atoms with Crippen LogP contribution in [0.15, 0.2) is 24.3 Å². The van der Waals surface area contributed by atoms with Crippen molar-refractivity contribution < 1.29 is 4.79 Å². The van der Waals surface area contributed by atoms with E-state index in [1.165, 1.54) is 0 Å². The predicted molar refractivity (Wildman–Crippen MR) is 71.5 cm³/mol. The summed E-state index contributed by atoms with van der Waals surface area (Å²) in [6.07, 6.45) is 2.81. The third-order valence-electron chi connectivity index (χ3n) is 4.07.